The van der Waals surface area contributed by atoms with Crippen LogP contribution in [0, 0.1) is 0 Å². The van der Waals surface area contributed by atoms with E-state index in [1.807, 2.05) is 24.3 Å². The molecule has 1 amide bonds. The van der Waals surface area contributed by atoms with Gasteiger partial charge in [-0.15, -0.1) is 0 Å². The van der Waals surface area contributed by atoms with Crippen LogP contribution in [0.5, 0.6) is 0 Å². The fraction of sp³-hybridized carbons (Fsp3) is 0.533. The van der Waals surface area contributed by atoms with E-state index in [4.69, 9.17) is 17.4 Å². The predicted octanol–water partition coefficient (Wildman–Crippen LogP) is 1.39. The number of halogens is 1. The number of carbonyl (C=O) groups excluding carboxylic acids is 1. The van der Waals surface area contributed by atoms with Gasteiger partial charge in [-0.3, -0.25) is 10.2 Å². The average molecular weight is 312 g/mol. The number of piperidine rings is 1. The highest BCUT2D eigenvalue weighted by Crippen LogP contribution is 2.33. The first-order chi connectivity index (χ1) is 10.0. The van der Waals surface area contributed by atoms with E-state index in [1.54, 1.807) is 0 Å². The Balaban J connectivity index is 1.83. The molecule has 1 aromatic rings. The van der Waals surface area contributed by atoms with E-state index in [2.05, 4.69) is 10.3 Å². The maximum Gasteiger partial charge on any atom is 0.233 e. The van der Waals surface area contributed by atoms with Gasteiger partial charge in [-0.05, 0) is 43.5 Å². The minimum atomic E-state index is -0.796. The molecule has 0 aromatic heterocycles. The van der Waals surface area contributed by atoms with E-state index in [0.29, 0.717) is 24.3 Å². The zero-order valence-corrected chi connectivity index (χ0v) is 12.8. The molecule has 1 fully saturated rings. The summed E-state index contributed by atoms with van der Waals surface area (Å²) in [6, 6.07) is 7.44. The summed E-state index contributed by atoms with van der Waals surface area (Å²) in [6.45, 7) is 2.47. The molecule has 0 bridgehead atoms. The van der Waals surface area contributed by atoms with Gasteiger partial charge in [0.2, 0.25) is 5.91 Å². The first-order valence-corrected chi connectivity index (χ1v) is 7.61. The number of carbonyl (C=O) groups is 1. The van der Waals surface area contributed by atoms with Gasteiger partial charge in [-0.25, -0.2) is 5.84 Å². The second kappa shape index (κ2) is 7.22. The molecule has 4 N–H and O–H groups in total. The van der Waals surface area contributed by atoms with E-state index in [1.165, 1.54) is 0 Å². The molecule has 5 nitrogen and oxygen atoms in total. The SMILES string of the molecule is NNC(=O)CCCN1CCC(O)(c2cccc(Cl)c2)CC1. The van der Waals surface area contributed by atoms with Gasteiger partial charge in [0.05, 0.1) is 5.60 Å². The molecule has 0 radical (unpaired) electrons. The molecule has 0 atom stereocenters. The number of hydrogen-bond donors (Lipinski definition) is 3. The van der Waals surface area contributed by atoms with Gasteiger partial charge in [0.15, 0.2) is 0 Å². The number of likely N-dealkylation sites (tertiary alicyclic amines) is 1. The molecule has 1 heterocycles. The molecule has 0 saturated carbocycles. The van der Waals surface area contributed by atoms with Crippen molar-refractivity contribution < 1.29 is 9.90 Å². The van der Waals surface area contributed by atoms with Crippen LogP contribution in [-0.4, -0.2) is 35.5 Å². The summed E-state index contributed by atoms with van der Waals surface area (Å²) in [4.78, 5) is 13.3. The van der Waals surface area contributed by atoms with Gasteiger partial charge in [0, 0.05) is 24.5 Å². The third-order valence-corrected chi connectivity index (χ3v) is 4.32. The molecule has 1 aliphatic rings. The number of hydrogen-bond acceptors (Lipinski definition) is 4. The molecule has 1 aliphatic heterocycles. The summed E-state index contributed by atoms with van der Waals surface area (Å²) in [5.41, 5.74) is 2.22. The van der Waals surface area contributed by atoms with Crippen LogP contribution in [-0.2, 0) is 10.4 Å². The maximum absolute atomic E-state index is 11.1. The third-order valence-electron chi connectivity index (χ3n) is 4.08. The molecule has 21 heavy (non-hydrogen) atoms. The summed E-state index contributed by atoms with van der Waals surface area (Å²) < 4.78 is 0. The number of benzene rings is 1. The first kappa shape index (κ1) is 16.2. The summed E-state index contributed by atoms with van der Waals surface area (Å²) >= 11 is 6.00. The van der Waals surface area contributed by atoms with E-state index in [9.17, 15) is 9.90 Å². The van der Waals surface area contributed by atoms with E-state index in [-0.39, 0.29) is 5.91 Å². The van der Waals surface area contributed by atoms with Crippen LogP contribution in [0.3, 0.4) is 0 Å². The van der Waals surface area contributed by atoms with Gasteiger partial charge in [0.25, 0.3) is 0 Å². The number of hydrazine groups is 1. The summed E-state index contributed by atoms with van der Waals surface area (Å²) in [6.07, 6.45) is 2.57. The van der Waals surface area contributed by atoms with Crippen molar-refractivity contribution in [3.8, 4) is 0 Å². The fourth-order valence-electron chi connectivity index (χ4n) is 2.75. The van der Waals surface area contributed by atoms with Crippen molar-refractivity contribution in [1.29, 1.82) is 0 Å². The zero-order chi connectivity index (χ0) is 15.3. The topological polar surface area (TPSA) is 78.6 Å². The average Bonchev–Trinajstić information content (AvgIpc) is 2.49. The van der Waals surface area contributed by atoms with Gasteiger partial charge < -0.3 is 10.0 Å². The van der Waals surface area contributed by atoms with E-state index in [0.717, 1.165) is 31.6 Å². The van der Waals surface area contributed by atoms with Gasteiger partial charge >= 0.3 is 0 Å². The van der Waals surface area contributed by atoms with E-state index >= 15 is 0 Å². The van der Waals surface area contributed by atoms with Crippen LogP contribution < -0.4 is 11.3 Å². The van der Waals surface area contributed by atoms with Crippen molar-refractivity contribution in [3.63, 3.8) is 0 Å². The highest BCUT2D eigenvalue weighted by molar-refractivity contribution is 6.30. The van der Waals surface area contributed by atoms with Crippen LogP contribution in [0.25, 0.3) is 0 Å². The molecule has 2 rings (SSSR count). The number of rotatable bonds is 5. The number of nitrogens with one attached hydrogen (secondary N) is 1. The Morgan fingerprint density at radius 1 is 1.43 bits per heavy atom. The molecule has 1 saturated heterocycles. The standard InChI is InChI=1S/C15H22ClN3O2/c16-13-4-1-3-12(11-13)15(21)6-9-19(10-7-15)8-2-5-14(20)18-17/h1,3-4,11,21H,2,5-10,17H2,(H,18,20). The van der Waals surface area contributed by atoms with Crippen LogP contribution in [0.1, 0.15) is 31.2 Å². The van der Waals surface area contributed by atoms with Crippen molar-refractivity contribution in [2.45, 2.75) is 31.3 Å². The van der Waals surface area contributed by atoms with Crippen LogP contribution in [0.15, 0.2) is 24.3 Å². The van der Waals surface area contributed by atoms with Crippen molar-refractivity contribution in [1.82, 2.24) is 10.3 Å². The van der Waals surface area contributed by atoms with Crippen molar-refractivity contribution in [2.24, 2.45) is 5.84 Å². The molecule has 0 aliphatic carbocycles. The monoisotopic (exact) mass is 311 g/mol. The minimum Gasteiger partial charge on any atom is -0.385 e. The van der Waals surface area contributed by atoms with Gasteiger partial charge in [-0.1, -0.05) is 23.7 Å². The first-order valence-electron chi connectivity index (χ1n) is 7.24. The van der Waals surface area contributed by atoms with Crippen molar-refractivity contribution in [3.05, 3.63) is 34.9 Å². The zero-order valence-electron chi connectivity index (χ0n) is 12.0. The molecular formula is C15H22ClN3O2. The minimum absolute atomic E-state index is 0.137. The highest BCUT2D eigenvalue weighted by atomic mass is 35.5. The van der Waals surface area contributed by atoms with Gasteiger partial charge in [-0.2, -0.15) is 0 Å². The quantitative estimate of drug-likeness (QED) is 0.436. The van der Waals surface area contributed by atoms with Crippen LogP contribution in [0.2, 0.25) is 5.02 Å². The smallest absolute Gasteiger partial charge is 0.233 e. The number of aliphatic hydroxyl groups is 1. The second-order valence-corrected chi connectivity index (χ2v) is 5.99. The van der Waals surface area contributed by atoms with Crippen LogP contribution in [0.4, 0.5) is 0 Å². The molecule has 0 unspecified atom stereocenters. The van der Waals surface area contributed by atoms with Crippen molar-refractivity contribution in [2.75, 3.05) is 19.6 Å². The summed E-state index contributed by atoms with van der Waals surface area (Å²) in [7, 11) is 0. The number of nitrogens with two attached hydrogens (primary N) is 1. The second-order valence-electron chi connectivity index (χ2n) is 5.55. The van der Waals surface area contributed by atoms with Crippen LogP contribution >= 0.6 is 11.6 Å². The molecule has 1 aromatic carbocycles. The summed E-state index contributed by atoms with van der Waals surface area (Å²) in [5, 5.41) is 11.4. The molecule has 116 valence electrons. The molecule has 0 spiro atoms. The van der Waals surface area contributed by atoms with E-state index < -0.39 is 5.60 Å². The lowest BCUT2D eigenvalue weighted by Gasteiger charge is -2.38. The Bertz CT molecular complexity index is 488. The highest BCUT2D eigenvalue weighted by Gasteiger charge is 2.33. The lowest BCUT2D eigenvalue weighted by Crippen LogP contribution is -2.43. The Morgan fingerprint density at radius 2 is 2.14 bits per heavy atom. The Labute approximate surface area is 130 Å². The number of nitrogens with zero attached hydrogens (tertiary/aromatic N) is 1. The largest absolute Gasteiger partial charge is 0.385 e. The Morgan fingerprint density at radius 3 is 2.76 bits per heavy atom. The lowest BCUT2D eigenvalue weighted by molar-refractivity contribution is -0.121. The third kappa shape index (κ3) is 4.41. The normalized spacial score (nSPS) is 18.4. The lowest BCUT2D eigenvalue weighted by atomic mass is 9.84. The Kier molecular flexibility index (Phi) is 5.58. The summed E-state index contributed by atoms with van der Waals surface area (Å²) in [5.74, 6) is 4.91. The van der Waals surface area contributed by atoms with Gasteiger partial charge in [0.1, 0.15) is 0 Å². The molecule has 6 heteroatoms. The molecular weight excluding hydrogens is 290 g/mol. The maximum atomic E-state index is 11.1. The Hall–Kier alpha value is -1.14. The fourth-order valence-corrected chi connectivity index (χ4v) is 2.94. The number of amides is 1. The van der Waals surface area contributed by atoms with Crippen molar-refractivity contribution >= 4 is 17.5 Å². The predicted molar refractivity (Wildman–Crippen MR) is 82.6 cm³/mol.